The third-order valence-electron chi connectivity index (χ3n) is 3.35. The molecule has 1 aromatic carbocycles. The van der Waals surface area contributed by atoms with Crippen LogP contribution in [0, 0.1) is 5.82 Å². The molecule has 1 fully saturated rings. The molecule has 0 spiro atoms. The van der Waals surface area contributed by atoms with Gasteiger partial charge in [-0.05, 0) is 59.8 Å². The molecule has 2 rings (SSSR count). The third kappa shape index (κ3) is 2.27. The predicted molar refractivity (Wildman–Crippen MR) is 68.5 cm³/mol. The first kappa shape index (κ1) is 12.3. The van der Waals surface area contributed by atoms with Crippen molar-refractivity contribution >= 4 is 27.5 Å². The molecule has 0 heterocycles. The molecule has 2 unspecified atom stereocenters. The van der Waals surface area contributed by atoms with Crippen molar-refractivity contribution in [2.75, 3.05) is 7.05 Å². The second-order valence-electron chi connectivity index (χ2n) is 4.26. The summed E-state index contributed by atoms with van der Waals surface area (Å²) in [7, 11) is 1.96. The summed E-state index contributed by atoms with van der Waals surface area (Å²) in [6.45, 7) is 0. The number of hydrogen-bond donors (Lipinski definition) is 1. The molecule has 1 aliphatic carbocycles. The number of nitrogens with one attached hydrogen (secondary N) is 1. The van der Waals surface area contributed by atoms with E-state index < -0.39 is 0 Å². The number of hydrogen-bond acceptors (Lipinski definition) is 1. The minimum absolute atomic E-state index is 0.199. The monoisotopic (exact) mass is 305 g/mol. The molecular formula is C12H14BrClFN. The third-order valence-corrected chi connectivity index (χ3v) is 4.60. The largest absolute Gasteiger partial charge is 0.317 e. The van der Waals surface area contributed by atoms with Gasteiger partial charge < -0.3 is 5.32 Å². The maximum Gasteiger partial charge on any atom is 0.146 e. The van der Waals surface area contributed by atoms with Gasteiger partial charge in [-0.25, -0.2) is 4.39 Å². The Morgan fingerprint density at radius 1 is 1.44 bits per heavy atom. The zero-order valence-electron chi connectivity index (χ0n) is 9.06. The van der Waals surface area contributed by atoms with Crippen molar-refractivity contribution in [1.82, 2.24) is 5.32 Å². The van der Waals surface area contributed by atoms with Gasteiger partial charge in [0.2, 0.25) is 0 Å². The van der Waals surface area contributed by atoms with Gasteiger partial charge in [-0.2, -0.15) is 0 Å². The summed E-state index contributed by atoms with van der Waals surface area (Å²) < 4.78 is 14.6. The Morgan fingerprint density at radius 2 is 2.19 bits per heavy atom. The van der Waals surface area contributed by atoms with E-state index in [0.717, 1.165) is 24.8 Å². The normalized spacial score (nSPS) is 25.0. The second-order valence-corrected chi connectivity index (χ2v) is 5.49. The van der Waals surface area contributed by atoms with Gasteiger partial charge in [-0.1, -0.05) is 17.7 Å². The minimum atomic E-state index is -0.266. The summed E-state index contributed by atoms with van der Waals surface area (Å²) in [5.74, 6) is 0.0286. The minimum Gasteiger partial charge on any atom is -0.317 e. The van der Waals surface area contributed by atoms with Gasteiger partial charge in [0, 0.05) is 10.5 Å². The average molecular weight is 307 g/mol. The first-order valence-corrected chi connectivity index (χ1v) is 6.61. The Hall–Kier alpha value is -0.120. The Kier molecular flexibility index (Phi) is 3.88. The molecule has 0 aliphatic heterocycles. The van der Waals surface area contributed by atoms with Crippen LogP contribution in [0.25, 0.3) is 0 Å². The maximum absolute atomic E-state index is 14.0. The molecule has 1 N–H and O–H groups in total. The fourth-order valence-corrected chi connectivity index (χ4v) is 2.86. The topological polar surface area (TPSA) is 12.0 Å². The van der Waals surface area contributed by atoms with E-state index in [9.17, 15) is 4.39 Å². The lowest BCUT2D eigenvalue weighted by molar-refractivity contribution is 0.553. The van der Waals surface area contributed by atoms with Crippen LogP contribution in [0.2, 0.25) is 5.02 Å². The van der Waals surface area contributed by atoms with Crippen LogP contribution in [0.4, 0.5) is 4.39 Å². The Balaban J connectivity index is 2.25. The van der Waals surface area contributed by atoms with Crippen molar-refractivity contribution in [2.24, 2.45) is 0 Å². The molecule has 1 saturated carbocycles. The van der Waals surface area contributed by atoms with Gasteiger partial charge >= 0.3 is 0 Å². The van der Waals surface area contributed by atoms with Crippen LogP contribution >= 0.6 is 27.5 Å². The maximum atomic E-state index is 14.0. The summed E-state index contributed by atoms with van der Waals surface area (Å²) in [5.41, 5.74) is 0.756. The zero-order valence-corrected chi connectivity index (χ0v) is 11.4. The van der Waals surface area contributed by atoms with Gasteiger partial charge in [0.25, 0.3) is 0 Å². The van der Waals surface area contributed by atoms with Crippen molar-refractivity contribution in [1.29, 1.82) is 0 Å². The molecule has 1 aromatic rings. The van der Waals surface area contributed by atoms with Crippen LogP contribution < -0.4 is 5.32 Å². The van der Waals surface area contributed by atoms with Crippen molar-refractivity contribution in [3.63, 3.8) is 0 Å². The number of rotatable bonds is 2. The molecule has 0 bridgehead atoms. The van der Waals surface area contributed by atoms with Crippen LogP contribution in [0.3, 0.4) is 0 Å². The van der Waals surface area contributed by atoms with Crippen molar-refractivity contribution < 1.29 is 4.39 Å². The Labute approximate surface area is 109 Å². The van der Waals surface area contributed by atoms with Crippen LogP contribution in [0.1, 0.15) is 30.7 Å². The van der Waals surface area contributed by atoms with Gasteiger partial charge in [-0.15, -0.1) is 0 Å². The highest BCUT2D eigenvalue weighted by Gasteiger charge is 2.27. The van der Waals surface area contributed by atoms with Gasteiger partial charge in [0.15, 0.2) is 0 Å². The molecule has 88 valence electrons. The molecule has 4 heteroatoms. The van der Waals surface area contributed by atoms with E-state index in [4.69, 9.17) is 11.6 Å². The summed E-state index contributed by atoms with van der Waals surface area (Å²) in [5, 5.41) is 3.44. The predicted octanol–water partition coefficient (Wildman–Crippen LogP) is 4.10. The Morgan fingerprint density at radius 3 is 2.81 bits per heavy atom. The summed E-state index contributed by atoms with van der Waals surface area (Å²) in [4.78, 5) is 0. The van der Waals surface area contributed by atoms with Crippen molar-refractivity contribution in [3.8, 4) is 0 Å². The number of benzene rings is 1. The summed E-state index contributed by atoms with van der Waals surface area (Å²) in [6.07, 6.45) is 3.13. The van der Waals surface area contributed by atoms with E-state index in [2.05, 4.69) is 21.2 Å². The lowest BCUT2D eigenvalue weighted by atomic mass is 9.97. The van der Waals surface area contributed by atoms with Gasteiger partial charge in [0.05, 0.1) is 5.02 Å². The lowest BCUT2D eigenvalue weighted by Gasteiger charge is -2.13. The molecule has 1 nitrogen and oxygen atoms in total. The van der Waals surface area contributed by atoms with E-state index in [1.807, 2.05) is 19.2 Å². The van der Waals surface area contributed by atoms with Crippen LogP contribution in [0.15, 0.2) is 16.6 Å². The second kappa shape index (κ2) is 5.03. The van der Waals surface area contributed by atoms with Crippen molar-refractivity contribution in [2.45, 2.75) is 31.2 Å². The first-order valence-electron chi connectivity index (χ1n) is 5.44. The standard InChI is InChI=1S/C12H14BrClFN/c1-16-8-3-2-7(6-8)9-4-5-10(13)11(14)12(9)15/h4-5,7-8,16H,2-3,6H2,1H3. The van der Waals surface area contributed by atoms with Crippen LogP contribution in [-0.4, -0.2) is 13.1 Å². The van der Waals surface area contributed by atoms with E-state index in [1.54, 1.807) is 0 Å². The quantitative estimate of drug-likeness (QED) is 0.811. The highest BCUT2D eigenvalue weighted by molar-refractivity contribution is 9.10. The zero-order chi connectivity index (χ0) is 11.7. The van der Waals surface area contributed by atoms with Gasteiger partial charge in [-0.3, -0.25) is 0 Å². The molecule has 2 atom stereocenters. The molecule has 16 heavy (non-hydrogen) atoms. The SMILES string of the molecule is CNC1CCC(c2ccc(Br)c(Cl)c2F)C1. The fourth-order valence-electron chi connectivity index (χ4n) is 2.38. The van der Waals surface area contributed by atoms with Crippen LogP contribution in [0.5, 0.6) is 0 Å². The molecule has 0 radical (unpaired) electrons. The molecule has 0 saturated heterocycles. The molecule has 1 aliphatic rings. The Bertz CT molecular complexity index is 397. The van der Waals surface area contributed by atoms with Crippen LogP contribution in [-0.2, 0) is 0 Å². The smallest absolute Gasteiger partial charge is 0.146 e. The molecular weight excluding hydrogens is 292 g/mol. The first-order chi connectivity index (χ1) is 7.63. The molecule has 0 amide bonds. The molecule has 0 aromatic heterocycles. The lowest BCUT2D eigenvalue weighted by Crippen LogP contribution is -2.21. The summed E-state index contributed by atoms with van der Waals surface area (Å²) >= 11 is 9.12. The summed E-state index contributed by atoms with van der Waals surface area (Å²) in [6, 6.07) is 4.17. The highest BCUT2D eigenvalue weighted by atomic mass is 79.9. The van der Waals surface area contributed by atoms with E-state index in [-0.39, 0.29) is 10.8 Å². The highest BCUT2D eigenvalue weighted by Crippen LogP contribution is 2.38. The van der Waals surface area contributed by atoms with Crippen molar-refractivity contribution in [3.05, 3.63) is 33.0 Å². The number of halogens is 3. The average Bonchev–Trinajstić information content (AvgIpc) is 2.74. The van der Waals surface area contributed by atoms with E-state index >= 15 is 0 Å². The van der Waals surface area contributed by atoms with E-state index in [1.165, 1.54) is 0 Å². The fraction of sp³-hybridized carbons (Fsp3) is 0.500. The van der Waals surface area contributed by atoms with Gasteiger partial charge in [0.1, 0.15) is 5.82 Å². The van der Waals surface area contributed by atoms with E-state index in [0.29, 0.717) is 16.4 Å².